The standard InChI is InChI=1S/C23H21NO6/c1-4-24-12-14(18-10-15(28-3)6-8-19(18)24)9-21-23(26)17-7-5-16(11-20(17)30-21)29-22(25)13-27-2/h5-12H,4,13H2,1-3H3/b21-9-. The lowest BCUT2D eigenvalue weighted by atomic mass is 10.1. The molecule has 0 saturated carbocycles. The number of nitrogens with zero attached hydrogens (tertiary/aromatic N) is 1. The van der Waals surface area contributed by atoms with E-state index in [4.69, 9.17) is 18.9 Å². The summed E-state index contributed by atoms with van der Waals surface area (Å²) < 4.78 is 23.2. The van der Waals surface area contributed by atoms with Gasteiger partial charge in [-0.15, -0.1) is 0 Å². The highest BCUT2D eigenvalue weighted by Gasteiger charge is 2.28. The Balaban J connectivity index is 1.68. The minimum Gasteiger partial charge on any atom is -0.497 e. The van der Waals surface area contributed by atoms with Gasteiger partial charge in [0, 0.05) is 42.4 Å². The molecule has 1 aliphatic heterocycles. The van der Waals surface area contributed by atoms with Crippen molar-refractivity contribution in [2.45, 2.75) is 13.5 Å². The van der Waals surface area contributed by atoms with Crippen molar-refractivity contribution in [1.82, 2.24) is 4.57 Å². The lowest BCUT2D eigenvalue weighted by Gasteiger charge is -2.04. The first-order valence-corrected chi connectivity index (χ1v) is 9.48. The molecule has 0 radical (unpaired) electrons. The molecule has 0 saturated heterocycles. The normalized spacial score (nSPS) is 14.1. The maximum atomic E-state index is 12.8. The average Bonchev–Trinajstić information content (AvgIpc) is 3.25. The summed E-state index contributed by atoms with van der Waals surface area (Å²) in [6, 6.07) is 10.5. The van der Waals surface area contributed by atoms with Crippen LogP contribution >= 0.6 is 0 Å². The summed E-state index contributed by atoms with van der Waals surface area (Å²) in [6.07, 6.45) is 3.71. The summed E-state index contributed by atoms with van der Waals surface area (Å²) in [5.41, 5.74) is 2.32. The van der Waals surface area contributed by atoms with Crippen LogP contribution in [0, 0.1) is 0 Å². The van der Waals surface area contributed by atoms with Gasteiger partial charge in [-0.05, 0) is 43.3 Å². The van der Waals surface area contributed by atoms with Crippen LogP contribution in [0.15, 0.2) is 48.4 Å². The van der Waals surface area contributed by atoms with Gasteiger partial charge in [0.1, 0.15) is 23.9 Å². The maximum absolute atomic E-state index is 12.8. The van der Waals surface area contributed by atoms with E-state index in [1.165, 1.54) is 13.2 Å². The Morgan fingerprint density at radius 2 is 1.93 bits per heavy atom. The third-order valence-corrected chi connectivity index (χ3v) is 4.88. The van der Waals surface area contributed by atoms with Crippen LogP contribution in [0.4, 0.5) is 0 Å². The number of hydrogen-bond donors (Lipinski definition) is 0. The van der Waals surface area contributed by atoms with E-state index in [0.717, 1.165) is 28.8 Å². The minimum atomic E-state index is -0.529. The number of allylic oxidation sites excluding steroid dienone is 1. The fraction of sp³-hybridized carbons (Fsp3) is 0.217. The van der Waals surface area contributed by atoms with E-state index in [1.54, 1.807) is 25.3 Å². The second-order valence-electron chi connectivity index (χ2n) is 6.76. The number of esters is 1. The predicted molar refractivity (Wildman–Crippen MR) is 111 cm³/mol. The molecule has 3 aromatic rings. The molecule has 7 heteroatoms. The Hall–Kier alpha value is -3.58. The van der Waals surface area contributed by atoms with E-state index in [9.17, 15) is 9.59 Å². The van der Waals surface area contributed by atoms with Crippen molar-refractivity contribution in [3.8, 4) is 17.2 Å². The zero-order valence-corrected chi connectivity index (χ0v) is 16.9. The van der Waals surface area contributed by atoms with Gasteiger partial charge in [-0.1, -0.05) is 0 Å². The molecule has 0 aliphatic carbocycles. The molecule has 0 bridgehead atoms. The Morgan fingerprint density at radius 1 is 1.13 bits per heavy atom. The number of ether oxygens (including phenoxy) is 4. The van der Waals surface area contributed by atoms with Gasteiger partial charge >= 0.3 is 5.97 Å². The molecular formula is C23H21NO6. The third-order valence-electron chi connectivity index (χ3n) is 4.88. The second-order valence-corrected chi connectivity index (χ2v) is 6.76. The van der Waals surface area contributed by atoms with E-state index < -0.39 is 5.97 Å². The van der Waals surface area contributed by atoms with Crippen LogP contribution in [0.5, 0.6) is 17.2 Å². The Kier molecular flexibility index (Phi) is 5.29. The first kappa shape index (κ1) is 19.7. The van der Waals surface area contributed by atoms with Gasteiger partial charge in [-0.3, -0.25) is 4.79 Å². The van der Waals surface area contributed by atoms with Crippen molar-refractivity contribution >= 4 is 28.7 Å². The molecule has 2 heterocycles. The highest BCUT2D eigenvalue weighted by molar-refractivity contribution is 6.15. The van der Waals surface area contributed by atoms with E-state index >= 15 is 0 Å². The van der Waals surface area contributed by atoms with Crippen LogP contribution in [0.1, 0.15) is 22.8 Å². The van der Waals surface area contributed by atoms with Crippen LogP contribution in [-0.4, -0.2) is 37.1 Å². The van der Waals surface area contributed by atoms with E-state index in [1.807, 2.05) is 24.4 Å². The molecule has 0 spiro atoms. The molecule has 154 valence electrons. The molecule has 0 amide bonds. The van der Waals surface area contributed by atoms with Gasteiger partial charge in [0.2, 0.25) is 5.78 Å². The Labute approximate surface area is 173 Å². The molecule has 4 rings (SSSR count). The molecule has 2 aromatic carbocycles. The van der Waals surface area contributed by atoms with Gasteiger partial charge in [-0.2, -0.15) is 0 Å². The number of carbonyl (C=O) groups excluding carboxylic acids is 2. The van der Waals surface area contributed by atoms with Gasteiger partial charge in [0.15, 0.2) is 5.76 Å². The summed E-state index contributed by atoms with van der Waals surface area (Å²) in [5.74, 6) is 0.839. The number of Topliss-reactive ketones (excluding diaryl/α,β-unsaturated/α-hetero) is 1. The van der Waals surface area contributed by atoms with Gasteiger partial charge < -0.3 is 23.5 Å². The monoisotopic (exact) mass is 407 g/mol. The molecule has 1 aromatic heterocycles. The zero-order chi connectivity index (χ0) is 21.3. The van der Waals surface area contributed by atoms with Gasteiger partial charge in [0.05, 0.1) is 12.7 Å². The van der Waals surface area contributed by atoms with Crippen molar-refractivity contribution in [3.63, 3.8) is 0 Å². The molecule has 1 aliphatic rings. The lowest BCUT2D eigenvalue weighted by molar-refractivity contribution is -0.138. The summed E-state index contributed by atoms with van der Waals surface area (Å²) in [4.78, 5) is 24.4. The summed E-state index contributed by atoms with van der Waals surface area (Å²) in [7, 11) is 3.03. The molecular weight excluding hydrogens is 386 g/mol. The fourth-order valence-corrected chi connectivity index (χ4v) is 3.46. The Bertz CT molecular complexity index is 1170. The molecule has 7 nitrogen and oxygen atoms in total. The SMILES string of the molecule is CCn1cc(/C=C2\Oc3cc(OC(=O)COC)ccc3C2=O)c2cc(OC)ccc21. The number of ketones is 1. The first-order chi connectivity index (χ1) is 14.5. The number of hydrogen-bond acceptors (Lipinski definition) is 6. The lowest BCUT2D eigenvalue weighted by Crippen LogP contribution is -2.14. The highest BCUT2D eigenvalue weighted by Crippen LogP contribution is 2.36. The van der Waals surface area contributed by atoms with Crippen LogP contribution < -0.4 is 14.2 Å². The van der Waals surface area contributed by atoms with Crippen molar-refractivity contribution in [3.05, 3.63) is 59.5 Å². The highest BCUT2D eigenvalue weighted by atomic mass is 16.6. The summed E-state index contributed by atoms with van der Waals surface area (Å²) in [6.45, 7) is 2.68. The van der Waals surface area contributed by atoms with Crippen LogP contribution in [0.25, 0.3) is 17.0 Å². The number of benzene rings is 2. The van der Waals surface area contributed by atoms with E-state index in [0.29, 0.717) is 11.3 Å². The fourth-order valence-electron chi connectivity index (χ4n) is 3.46. The Morgan fingerprint density at radius 3 is 2.67 bits per heavy atom. The first-order valence-electron chi connectivity index (χ1n) is 9.48. The summed E-state index contributed by atoms with van der Waals surface area (Å²) in [5, 5.41) is 0.963. The van der Waals surface area contributed by atoms with Crippen molar-refractivity contribution in [2.75, 3.05) is 20.8 Å². The van der Waals surface area contributed by atoms with E-state index in [-0.39, 0.29) is 23.9 Å². The number of rotatable bonds is 6. The number of aromatic nitrogens is 1. The second kappa shape index (κ2) is 8.04. The number of aryl methyl sites for hydroxylation is 1. The smallest absolute Gasteiger partial charge is 0.337 e. The average molecular weight is 407 g/mol. The maximum Gasteiger partial charge on any atom is 0.337 e. The van der Waals surface area contributed by atoms with Crippen molar-refractivity contribution in [2.24, 2.45) is 0 Å². The van der Waals surface area contributed by atoms with Crippen LogP contribution in [0.2, 0.25) is 0 Å². The molecule has 0 fully saturated rings. The zero-order valence-electron chi connectivity index (χ0n) is 16.9. The van der Waals surface area contributed by atoms with E-state index in [2.05, 4.69) is 11.5 Å². The largest absolute Gasteiger partial charge is 0.497 e. The van der Waals surface area contributed by atoms with Gasteiger partial charge in [-0.25, -0.2) is 4.79 Å². The number of carbonyl (C=O) groups is 2. The predicted octanol–water partition coefficient (Wildman–Crippen LogP) is 3.84. The van der Waals surface area contributed by atoms with Crippen LogP contribution in [0.3, 0.4) is 0 Å². The number of methoxy groups -OCH3 is 2. The molecule has 0 unspecified atom stereocenters. The molecule has 0 N–H and O–H groups in total. The summed E-state index contributed by atoms with van der Waals surface area (Å²) >= 11 is 0. The van der Waals surface area contributed by atoms with Crippen molar-refractivity contribution < 1.29 is 28.5 Å². The minimum absolute atomic E-state index is 0.160. The topological polar surface area (TPSA) is 76.0 Å². The quantitative estimate of drug-likeness (QED) is 0.351. The van der Waals surface area contributed by atoms with Crippen LogP contribution in [-0.2, 0) is 16.1 Å². The third kappa shape index (κ3) is 3.55. The molecule has 30 heavy (non-hydrogen) atoms. The van der Waals surface area contributed by atoms with Gasteiger partial charge in [0.25, 0.3) is 0 Å². The number of fused-ring (bicyclic) bond motifs is 2. The van der Waals surface area contributed by atoms with Crippen molar-refractivity contribution in [1.29, 1.82) is 0 Å². The molecule has 0 atom stereocenters.